The lowest BCUT2D eigenvalue weighted by Gasteiger charge is -2.37. The van der Waals surface area contributed by atoms with E-state index >= 15 is 0 Å². The van der Waals surface area contributed by atoms with Crippen LogP contribution in [0.4, 0.5) is 0 Å². The molecule has 1 aromatic carbocycles. The number of hydrogen-bond donors (Lipinski definition) is 0. The molecular formula is C15H21IO2. The summed E-state index contributed by atoms with van der Waals surface area (Å²) in [6, 6.07) is 10.6. The number of hydrogen-bond acceptors (Lipinski definition) is 2. The topological polar surface area (TPSA) is 18.5 Å². The minimum atomic E-state index is -0.0462. The fourth-order valence-electron chi connectivity index (χ4n) is 2.12. The summed E-state index contributed by atoms with van der Waals surface area (Å²) in [5, 5.41) is 0. The molecular weight excluding hydrogens is 339 g/mol. The van der Waals surface area contributed by atoms with Crippen molar-refractivity contribution < 1.29 is 9.47 Å². The second-order valence-corrected chi connectivity index (χ2v) is 6.64. The Labute approximate surface area is 123 Å². The van der Waals surface area contributed by atoms with Crippen LogP contribution in [0, 0.1) is 11.3 Å². The third kappa shape index (κ3) is 3.93. The van der Waals surface area contributed by atoms with Gasteiger partial charge in [-0.2, -0.15) is 0 Å². The van der Waals surface area contributed by atoms with Gasteiger partial charge in [0, 0.05) is 15.8 Å². The molecule has 1 saturated heterocycles. The van der Waals surface area contributed by atoms with Gasteiger partial charge in [-0.1, -0.05) is 66.8 Å². The summed E-state index contributed by atoms with van der Waals surface area (Å²) in [6.07, 6.45) is 0.977. The molecule has 0 amide bonds. The van der Waals surface area contributed by atoms with Gasteiger partial charge in [-0.05, 0) is 12.0 Å². The molecule has 100 valence electrons. The maximum absolute atomic E-state index is 5.89. The van der Waals surface area contributed by atoms with Crippen molar-refractivity contribution in [1.29, 1.82) is 0 Å². The van der Waals surface area contributed by atoms with Gasteiger partial charge in [0.05, 0.1) is 13.2 Å². The lowest BCUT2D eigenvalue weighted by atomic mass is 9.94. The highest BCUT2D eigenvalue weighted by Gasteiger charge is 2.32. The number of rotatable bonds is 4. The van der Waals surface area contributed by atoms with Gasteiger partial charge < -0.3 is 9.47 Å². The van der Waals surface area contributed by atoms with E-state index in [2.05, 4.69) is 66.8 Å². The van der Waals surface area contributed by atoms with E-state index in [9.17, 15) is 0 Å². The molecule has 1 fully saturated rings. The van der Waals surface area contributed by atoms with Gasteiger partial charge in [0.15, 0.2) is 6.29 Å². The fourth-order valence-corrected chi connectivity index (χ4v) is 2.84. The maximum Gasteiger partial charge on any atom is 0.161 e. The van der Waals surface area contributed by atoms with Crippen LogP contribution in [0.2, 0.25) is 0 Å². The Morgan fingerprint density at radius 1 is 1.22 bits per heavy atom. The van der Waals surface area contributed by atoms with Crippen molar-refractivity contribution in [3.8, 4) is 0 Å². The molecule has 0 bridgehead atoms. The smallest absolute Gasteiger partial charge is 0.161 e. The van der Waals surface area contributed by atoms with Crippen molar-refractivity contribution in [2.75, 3.05) is 17.6 Å². The maximum atomic E-state index is 5.89. The molecule has 2 rings (SSSR count). The summed E-state index contributed by atoms with van der Waals surface area (Å²) < 4.78 is 12.8. The van der Waals surface area contributed by atoms with E-state index in [0.29, 0.717) is 5.92 Å². The number of halogens is 1. The first-order valence-electron chi connectivity index (χ1n) is 6.44. The molecule has 0 aromatic heterocycles. The highest BCUT2D eigenvalue weighted by molar-refractivity contribution is 14.1. The molecule has 0 N–H and O–H groups in total. The van der Waals surface area contributed by atoms with Crippen molar-refractivity contribution in [3.63, 3.8) is 0 Å². The van der Waals surface area contributed by atoms with E-state index in [-0.39, 0.29) is 11.7 Å². The van der Waals surface area contributed by atoms with E-state index in [0.717, 1.165) is 24.1 Å². The second-order valence-electron chi connectivity index (χ2n) is 5.76. The Bertz CT molecular complexity index is 354. The third-order valence-electron chi connectivity index (χ3n) is 3.20. The summed E-state index contributed by atoms with van der Waals surface area (Å²) in [4.78, 5) is 0. The van der Waals surface area contributed by atoms with Crippen LogP contribution in [0.1, 0.15) is 19.4 Å². The van der Waals surface area contributed by atoms with Gasteiger partial charge in [0.25, 0.3) is 0 Å². The van der Waals surface area contributed by atoms with Gasteiger partial charge in [-0.3, -0.25) is 0 Å². The summed E-state index contributed by atoms with van der Waals surface area (Å²) in [7, 11) is 0. The zero-order chi connectivity index (χ0) is 13.0. The van der Waals surface area contributed by atoms with Crippen LogP contribution in [-0.2, 0) is 15.9 Å². The van der Waals surface area contributed by atoms with E-state index in [1.54, 1.807) is 0 Å². The molecule has 1 heterocycles. The lowest BCUT2D eigenvalue weighted by molar-refractivity contribution is -0.239. The molecule has 1 aliphatic rings. The quantitative estimate of drug-likeness (QED) is 0.603. The zero-order valence-electron chi connectivity index (χ0n) is 11.1. The average Bonchev–Trinajstić information content (AvgIpc) is 2.38. The van der Waals surface area contributed by atoms with Crippen molar-refractivity contribution in [1.82, 2.24) is 0 Å². The number of alkyl halides is 1. The fraction of sp³-hybridized carbons (Fsp3) is 0.600. The van der Waals surface area contributed by atoms with E-state index in [4.69, 9.17) is 9.47 Å². The van der Waals surface area contributed by atoms with Crippen LogP contribution in [-0.4, -0.2) is 23.9 Å². The van der Waals surface area contributed by atoms with Gasteiger partial charge in [-0.15, -0.1) is 0 Å². The molecule has 2 nitrogen and oxygen atoms in total. The Hall–Kier alpha value is -0.130. The van der Waals surface area contributed by atoms with Crippen molar-refractivity contribution in [3.05, 3.63) is 35.9 Å². The first kappa shape index (κ1) is 14.3. The summed E-state index contributed by atoms with van der Waals surface area (Å²) in [6.45, 7) is 5.94. The Morgan fingerprint density at radius 2 is 1.83 bits per heavy atom. The molecule has 0 aliphatic carbocycles. The monoisotopic (exact) mass is 360 g/mol. The molecule has 1 atom stereocenters. The minimum absolute atomic E-state index is 0.0462. The van der Waals surface area contributed by atoms with Gasteiger partial charge in [0.2, 0.25) is 0 Å². The van der Waals surface area contributed by atoms with E-state index < -0.39 is 0 Å². The Morgan fingerprint density at radius 3 is 2.39 bits per heavy atom. The largest absolute Gasteiger partial charge is 0.352 e. The van der Waals surface area contributed by atoms with Gasteiger partial charge >= 0.3 is 0 Å². The molecule has 0 spiro atoms. The molecule has 3 heteroatoms. The van der Waals surface area contributed by atoms with Crippen LogP contribution >= 0.6 is 22.6 Å². The van der Waals surface area contributed by atoms with E-state index in [1.165, 1.54) is 5.56 Å². The first-order chi connectivity index (χ1) is 8.61. The average molecular weight is 360 g/mol. The van der Waals surface area contributed by atoms with Crippen LogP contribution < -0.4 is 0 Å². The predicted octanol–water partition coefficient (Wildman–Crippen LogP) is 3.68. The standard InChI is InChI=1S/C15H21IO2/c1-15(2)10-17-14(18-11-15)13(9-16)8-12-6-4-3-5-7-12/h3-7,13-14H,8-11H2,1-2H3. The molecule has 18 heavy (non-hydrogen) atoms. The molecule has 1 aliphatic heterocycles. The predicted molar refractivity (Wildman–Crippen MR) is 82.0 cm³/mol. The normalized spacial score (nSPS) is 21.7. The molecule has 1 aromatic rings. The van der Waals surface area contributed by atoms with Crippen LogP contribution in [0.25, 0.3) is 0 Å². The highest BCUT2D eigenvalue weighted by Crippen LogP contribution is 2.28. The first-order valence-corrected chi connectivity index (χ1v) is 7.96. The molecule has 0 saturated carbocycles. The van der Waals surface area contributed by atoms with E-state index in [1.807, 2.05) is 0 Å². The highest BCUT2D eigenvalue weighted by atomic mass is 127. The van der Waals surface area contributed by atoms with Crippen molar-refractivity contribution in [2.45, 2.75) is 26.6 Å². The van der Waals surface area contributed by atoms with Crippen LogP contribution in [0.5, 0.6) is 0 Å². The Kier molecular flexibility index (Phi) is 5.04. The lowest BCUT2D eigenvalue weighted by Crippen LogP contribution is -2.42. The number of benzene rings is 1. The van der Waals surface area contributed by atoms with Crippen LogP contribution in [0.15, 0.2) is 30.3 Å². The molecule has 1 unspecified atom stereocenters. The summed E-state index contributed by atoms with van der Waals surface area (Å²) in [5.41, 5.74) is 1.51. The third-order valence-corrected chi connectivity index (χ3v) is 4.33. The van der Waals surface area contributed by atoms with Gasteiger partial charge in [0.1, 0.15) is 0 Å². The second kappa shape index (κ2) is 6.35. The number of ether oxygens (including phenoxy) is 2. The van der Waals surface area contributed by atoms with Crippen molar-refractivity contribution >= 4 is 22.6 Å². The summed E-state index contributed by atoms with van der Waals surface area (Å²) in [5.74, 6) is 0.434. The van der Waals surface area contributed by atoms with Crippen molar-refractivity contribution in [2.24, 2.45) is 11.3 Å². The van der Waals surface area contributed by atoms with Crippen LogP contribution in [0.3, 0.4) is 0 Å². The van der Waals surface area contributed by atoms with Gasteiger partial charge in [-0.25, -0.2) is 0 Å². The SMILES string of the molecule is CC1(C)COC(C(CI)Cc2ccccc2)OC1. The molecule has 0 radical (unpaired) electrons. The zero-order valence-corrected chi connectivity index (χ0v) is 13.2. The summed E-state index contributed by atoms with van der Waals surface area (Å²) >= 11 is 2.43. The minimum Gasteiger partial charge on any atom is -0.352 e. The Balaban J connectivity index is 1.94.